The molecule has 8 heteroatoms. The minimum absolute atomic E-state index is 0.101. The van der Waals surface area contributed by atoms with Crippen LogP contribution >= 0.6 is 0 Å². The van der Waals surface area contributed by atoms with Crippen LogP contribution in [-0.4, -0.2) is 54.4 Å². The number of amides is 2. The SMILES string of the molecule is COCCn1cc(NC(=O)C2CNC(=O)CN2)cn1. The number of rotatable bonds is 5. The van der Waals surface area contributed by atoms with Crippen molar-refractivity contribution in [3.63, 3.8) is 0 Å². The van der Waals surface area contributed by atoms with E-state index in [0.717, 1.165) is 0 Å². The zero-order chi connectivity index (χ0) is 13.7. The number of piperazine rings is 1. The van der Waals surface area contributed by atoms with Gasteiger partial charge in [-0.15, -0.1) is 0 Å². The first-order valence-corrected chi connectivity index (χ1v) is 6.01. The van der Waals surface area contributed by atoms with Crippen LogP contribution in [0.25, 0.3) is 0 Å². The van der Waals surface area contributed by atoms with E-state index in [-0.39, 0.29) is 18.4 Å². The summed E-state index contributed by atoms with van der Waals surface area (Å²) >= 11 is 0. The molecule has 1 aliphatic rings. The Kier molecular flexibility index (Phi) is 4.48. The van der Waals surface area contributed by atoms with E-state index in [4.69, 9.17) is 4.74 Å². The molecule has 0 bridgehead atoms. The van der Waals surface area contributed by atoms with Gasteiger partial charge in [0.05, 0.1) is 31.6 Å². The highest BCUT2D eigenvalue weighted by Gasteiger charge is 2.23. The molecule has 1 saturated heterocycles. The van der Waals surface area contributed by atoms with Crippen molar-refractivity contribution in [3.8, 4) is 0 Å². The fourth-order valence-corrected chi connectivity index (χ4v) is 1.72. The number of ether oxygens (including phenoxy) is 1. The van der Waals surface area contributed by atoms with Gasteiger partial charge in [-0.05, 0) is 0 Å². The summed E-state index contributed by atoms with van der Waals surface area (Å²) in [5, 5.41) is 12.3. The molecule has 2 rings (SSSR count). The molecule has 0 spiro atoms. The first-order valence-electron chi connectivity index (χ1n) is 6.01. The molecule has 1 aromatic rings. The monoisotopic (exact) mass is 267 g/mol. The second-order valence-electron chi connectivity index (χ2n) is 4.21. The Morgan fingerprint density at radius 1 is 1.68 bits per heavy atom. The minimum Gasteiger partial charge on any atom is -0.383 e. The average molecular weight is 267 g/mol. The van der Waals surface area contributed by atoms with Crippen molar-refractivity contribution >= 4 is 17.5 Å². The number of aromatic nitrogens is 2. The van der Waals surface area contributed by atoms with E-state index >= 15 is 0 Å². The van der Waals surface area contributed by atoms with Gasteiger partial charge in [0.25, 0.3) is 0 Å². The molecule has 3 N–H and O–H groups in total. The van der Waals surface area contributed by atoms with Crippen LogP contribution in [0.2, 0.25) is 0 Å². The molecule has 2 amide bonds. The molecule has 0 radical (unpaired) electrons. The van der Waals surface area contributed by atoms with Crippen molar-refractivity contribution in [2.75, 3.05) is 32.1 Å². The molecular weight excluding hydrogens is 250 g/mol. The molecule has 1 atom stereocenters. The zero-order valence-electron chi connectivity index (χ0n) is 10.7. The van der Waals surface area contributed by atoms with Crippen molar-refractivity contribution < 1.29 is 14.3 Å². The number of anilines is 1. The summed E-state index contributed by atoms with van der Waals surface area (Å²) in [4.78, 5) is 22.9. The van der Waals surface area contributed by atoms with Gasteiger partial charge in [-0.1, -0.05) is 0 Å². The third kappa shape index (κ3) is 3.76. The van der Waals surface area contributed by atoms with Crippen LogP contribution < -0.4 is 16.0 Å². The van der Waals surface area contributed by atoms with Crippen LogP contribution in [0.5, 0.6) is 0 Å². The average Bonchev–Trinajstić information content (AvgIpc) is 2.84. The molecule has 0 saturated carbocycles. The van der Waals surface area contributed by atoms with Gasteiger partial charge in [0, 0.05) is 19.9 Å². The van der Waals surface area contributed by atoms with Gasteiger partial charge in [-0.2, -0.15) is 5.10 Å². The molecule has 0 aromatic carbocycles. The van der Waals surface area contributed by atoms with E-state index in [2.05, 4.69) is 21.0 Å². The Hall–Kier alpha value is -1.93. The van der Waals surface area contributed by atoms with Crippen LogP contribution in [0.15, 0.2) is 12.4 Å². The Morgan fingerprint density at radius 3 is 3.21 bits per heavy atom. The molecule has 8 nitrogen and oxygen atoms in total. The number of nitrogens with zero attached hydrogens (tertiary/aromatic N) is 2. The summed E-state index contributed by atoms with van der Waals surface area (Å²) in [6.07, 6.45) is 3.31. The molecule has 1 fully saturated rings. The van der Waals surface area contributed by atoms with E-state index in [1.54, 1.807) is 24.2 Å². The van der Waals surface area contributed by atoms with Crippen LogP contribution in [0.4, 0.5) is 5.69 Å². The third-order valence-electron chi connectivity index (χ3n) is 2.75. The van der Waals surface area contributed by atoms with E-state index in [0.29, 0.717) is 25.4 Å². The largest absolute Gasteiger partial charge is 0.383 e. The lowest BCUT2D eigenvalue weighted by Gasteiger charge is -2.22. The van der Waals surface area contributed by atoms with Gasteiger partial charge < -0.3 is 15.4 Å². The molecule has 1 aromatic heterocycles. The van der Waals surface area contributed by atoms with Gasteiger partial charge >= 0.3 is 0 Å². The van der Waals surface area contributed by atoms with E-state index in [9.17, 15) is 9.59 Å². The standard InChI is InChI=1S/C11H17N5O3/c1-19-3-2-16-7-8(4-14-16)15-11(18)9-5-13-10(17)6-12-9/h4,7,9,12H,2-3,5-6H2,1H3,(H,13,17)(H,15,18). The van der Waals surface area contributed by atoms with E-state index in [1.165, 1.54) is 0 Å². The Morgan fingerprint density at radius 2 is 2.53 bits per heavy atom. The maximum atomic E-state index is 11.9. The lowest BCUT2D eigenvalue weighted by molar-refractivity contribution is -0.124. The van der Waals surface area contributed by atoms with Crippen molar-refractivity contribution in [2.24, 2.45) is 0 Å². The third-order valence-corrected chi connectivity index (χ3v) is 2.75. The normalized spacial score (nSPS) is 19.0. The summed E-state index contributed by atoms with van der Waals surface area (Å²) in [7, 11) is 1.62. The predicted molar refractivity (Wildman–Crippen MR) is 67.5 cm³/mol. The molecule has 2 heterocycles. The number of carbonyl (C=O) groups is 2. The Balaban J connectivity index is 1.84. The number of nitrogens with one attached hydrogen (secondary N) is 3. The lowest BCUT2D eigenvalue weighted by atomic mass is 10.2. The van der Waals surface area contributed by atoms with Gasteiger partial charge in [0.1, 0.15) is 6.04 Å². The zero-order valence-corrected chi connectivity index (χ0v) is 10.7. The highest BCUT2D eigenvalue weighted by atomic mass is 16.5. The summed E-state index contributed by atoms with van der Waals surface area (Å²) in [5.74, 6) is -0.289. The van der Waals surface area contributed by atoms with E-state index in [1.807, 2.05) is 0 Å². The molecule has 1 aliphatic heterocycles. The van der Waals surface area contributed by atoms with Crippen LogP contribution in [0.1, 0.15) is 0 Å². The van der Waals surface area contributed by atoms with Gasteiger partial charge in [-0.25, -0.2) is 0 Å². The van der Waals surface area contributed by atoms with Crippen LogP contribution in [0.3, 0.4) is 0 Å². The van der Waals surface area contributed by atoms with Crippen molar-refractivity contribution in [2.45, 2.75) is 12.6 Å². The second-order valence-corrected chi connectivity index (χ2v) is 4.21. The molecular formula is C11H17N5O3. The summed E-state index contributed by atoms with van der Waals surface area (Å²) in [6, 6.07) is -0.417. The van der Waals surface area contributed by atoms with Gasteiger partial charge in [0.2, 0.25) is 11.8 Å². The maximum absolute atomic E-state index is 11.9. The summed E-state index contributed by atoms with van der Waals surface area (Å²) in [6.45, 7) is 1.64. The highest BCUT2D eigenvalue weighted by molar-refractivity contribution is 5.96. The second kappa shape index (κ2) is 6.30. The van der Waals surface area contributed by atoms with Gasteiger partial charge in [0.15, 0.2) is 0 Å². The van der Waals surface area contributed by atoms with Crippen molar-refractivity contribution in [3.05, 3.63) is 12.4 Å². The first kappa shape index (κ1) is 13.5. The number of methoxy groups -OCH3 is 1. The molecule has 0 aliphatic carbocycles. The first-order chi connectivity index (χ1) is 9.19. The van der Waals surface area contributed by atoms with Gasteiger partial charge in [-0.3, -0.25) is 19.6 Å². The van der Waals surface area contributed by atoms with Crippen molar-refractivity contribution in [1.82, 2.24) is 20.4 Å². The molecule has 1 unspecified atom stereocenters. The Labute approximate surface area is 110 Å². The highest BCUT2D eigenvalue weighted by Crippen LogP contribution is 2.05. The maximum Gasteiger partial charge on any atom is 0.243 e. The predicted octanol–water partition coefficient (Wildman–Crippen LogP) is -1.44. The van der Waals surface area contributed by atoms with Crippen LogP contribution in [0, 0.1) is 0 Å². The van der Waals surface area contributed by atoms with Crippen LogP contribution in [-0.2, 0) is 20.9 Å². The quantitative estimate of drug-likeness (QED) is 0.607. The van der Waals surface area contributed by atoms with Crippen molar-refractivity contribution in [1.29, 1.82) is 0 Å². The summed E-state index contributed by atoms with van der Waals surface area (Å²) < 4.78 is 6.63. The number of carbonyl (C=O) groups excluding carboxylic acids is 2. The molecule has 104 valence electrons. The summed E-state index contributed by atoms with van der Waals surface area (Å²) in [5.41, 5.74) is 0.625. The number of hydrogen-bond acceptors (Lipinski definition) is 5. The minimum atomic E-state index is -0.417. The smallest absolute Gasteiger partial charge is 0.243 e. The number of hydrogen-bond donors (Lipinski definition) is 3. The fraction of sp³-hybridized carbons (Fsp3) is 0.545. The topological polar surface area (TPSA) is 97.3 Å². The lowest BCUT2D eigenvalue weighted by Crippen LogP contribution is -2.56. The fourth-order valence-electron chi connectivity index (χ4n) is 1.72. The van der Waals surface area contributed by atoms with E-state index < -0.39 is 6.04 Å². The molecule has 19 heavy (non-hydrogen) atoms. The Bertz CT molecular complexity index is 449.